The van der Waals surface area contributed by atoms with Crippen LogP contribution in [0.2, 0.25) is 0 Å². The first-order chi connectivity index (χ1) is 8.85. The van der Waals surface area contributed by atoms with E-state index in [0.717, 1.165) is 29.3 Å². The second-order valence-corrected chi connectivity index (χ2v) is 5.09. The first-order valence-electron chi connectivity index (χ1n) is 6.06. The Morgan fingerprint density at radius 1 is 1.44 bits per heavy atom. The van der Waals surface area contributed by atoms with Crippen molar-refractivity contribution in [3.8, 4) is 10.6 Å². The molecular weight excluding hydrogens is 248 g/mol. The molecule has 0 amide bonds. The Hall–Kier alpha value is -1.17. The molecule has 0 saturated carbocycles. The molecule has 0 saturated heterocycles. The normalized spacial score (nSPS) is 11.0. The smallest absolute Gasteiger partial charge is 0.181 e. The first-order valence-corrected chi connectivity index (χ1v) is 6.88. The Kier molecular flexibility index (Phi) is 4.92. The number of oxazole rings is 1. The summed E-state index contributed by atoms with van der Waals surface area (Å²) in [5.74, 6) is 0.879. The van der Waals surface area contributed by atoms with E-state index in [1.54, 1.807) is 18.4 Å². The van der Waals surface area contributed by atoms with Crippen molar-refractivity contribution in [1.82, 2.24) is 10.3 Å². The molecule has 0 aromatic carbocycles. The molecule has 18 heavy (non-hydrogen) atoms. The molecule has 0 aliphatic carbocycles. The number of rotatable bonds is 7. The van der Waals surface area contributed by atoms with Crippen molar-refractivity contribution < 1.29 is 9.15 Å². The fourth-order valence-corrected chi connectivity index (χ4v) is 2.62. The van der Waals surface area contributed by atoms with Crippen molar-refractivity contribution in [2.45, 2.75) is 19.9 Å². The number of aromatic nitrogens is 1. The Balaban J connectivity index is 2.02. The second-order valence-electron chi connectivity index (χ2n) is 3.92. The number of methoxy groups -OCH3 is 1. The molecule has 2 aromatic rings. The number of aryl methyl sites for hydroxylation is 1. The molecule has 0 fully saturated rings. The summed E-state index contributed by atoms with van der Waals surface area (Å²) >= 11 is 1.76. The van der Waals surface area contributed by atoms with Crippen molar-refractivity contribution in [2.75, 3.05) is 20.3 Å². The van der Waals surface area contributed by atoms with Gasteiger partial charge in [-0.1, -0.05) is 6.92 Å². The van der Waals surface area contributed by atoms with Gasteiger partial charge in [0, 0.05) is 25.1 Å². The van der Waals surface area contributed by atoms with Crippen LogP contribution in [0.25, 0.3) is 10.6 Å². The minimum absolute atomic E-state index is 0.701. The molecule has 5 heteroatoms. The van der Waals surface area contributed by atoms with Crippen LogP contribution in [0.5, 0.6) is 0 Å². The van der Waals surface area contributed by atoms with E-state index in [-0.39, 0.29) is 0 Å². The topological polar surface area (TPSA) is 47.3 Å². The summed E-state index contributed by atoms with van der Waals surface area (Å²) in [6, 6.07) is 4.24. The van der Waals surface area contributed by atoms with Gasteiger partial charge in [-0.3, -0.25) is 0 Å². The van der Waals surface area contributed by atoms with E-state index < -0.39 is 0 Å². The lowest BCUT2D eigenvalue weighted by Crippen LogP contribution is -2.19. The van der Waals surface area contributed by atoms with Gasteiger partial charge in [-0.25, -0.2) is 4.98 Å². The number of hydrogen-bond donors (Lipinski definition) is 1. The third-order valence-electron chi connectivity index (χ3n) is 2.65. The summed E-state index contributed by atoms with van der Waals surface area (Å²) in [6.07, 6.45) is 2.56. The summed E-state index contributed by atoms with van der Waals surface area (Å²) in [4.78, 5) is 6.77. The molecule has 0 aliphatic heterocycles. The molecule has 2 aromatic heterocycles. The Morgan fingerprint density at radius 2 is 2.33 bits per heavy atom. The minimum Gasteiger partial charge on any atom is -0.442 e. The van der Waals surface area contributed by atoms with Gasteiger partial charge in [0.05, 0.1) is 11.5 Å². The Labute approximate surface area is 111 Å². The van der Waals surface area contributed by atoms with Gasteiger partial charge in [0.1, 0.15) is 5.69 Å². The average molecular weight is 266 g/mol. The highest BCUT2D eigenvalue weighted by Gasteiger charge is 2.12. The van der Waals surface area contributed by atoms with Crippen LogP contribution in [0.3, 0.4) is 0 Å². The zero-order valence-electron chi connectivity index (χ0n) is 10.7. The molecule has 0 aliphatic rings. The SMILES string of the molecule is CCc1ccc(-c2ocnc2CNCCOC)s1. The maximum absolute atomic E-state index is 5.49. The molecule has 4 nitrogen and oxygen atoms in total. The lowest BCUT2D eigenvalue weighted by atomic mass is 10.3. The number of thiophene rings is 1. The van der Waals surface area contributed by atoms with E-state index in [1.807, 2.05) is 0 Å². The molecule has 2 heterocycles. The second kappa shape index (κ2) is 6.68. The number of hydrogen-bond acceptors (Lipinski definition) is 5. The van der Waals surface area contributed by atoms with Gasteiger partial charge >= 0.3 is 0 Å². The quantitative estimate of drug-likeness (QED) is 0.783. The van der Waals surface area contributed by atoms with E-state index >= 15 is 0 Å². The van der Waals surface area contributed by atoms with Gasteiger partial charge in [-0.2, -0.15) is 0 Å². The largest absolute Gasteiger partial charge is 0.442 e. The molecule has 1 N–H and O–H groups in total. The third-order valence-corrected chi connectivity index (χ3v) is 3.88. The molecule has 0 atom stereocenters. The number of nitrogens with zero attached hydrogens (tertiary/aromatic N) is 1. The predicted molar refractivity (Wildman–Crippen MR) is 72.8 cm³/mol. The van der Waals surface area contributed by atoms with Crippen molar-refractivity contribution in [1.29, 1.82) is 0 Å². The Morgan fingerprint density at radius 3 is 3.06 bits per heavy atom. The van der Waals surface area contributed by atoms with Crippen LogP contribution < -0.4 is 5.32 Å². The minimum atomic E-state index is 0.701. The van der Waals surface area contributed by atoms with Crippen molar-refractivity contribution in [2.24, 2.45) is 0 Å². The van der Waals surface area contributed by atoms with Gasteiger partial charge < -0.3 is 14.5 Å². The van der Waals surface area contributed by atoms with Crippen LogP contribution >= 0.6 is 11.3 Å². The summed E-state index contributed by atoms with van der Waals surface area (Å²) in [6.45, 7) is 4.37. The summed E-state index contributed by atoms with van der Waals surface area (Å²) in [5.41, 5.74) is 0.954. The van der Waals surface area contributed by atoms with Crippen LogP contribution in [0.4, 0.5) is 0 Å². The molecule has 0 spiro atoms. The van der Waals surface area contributed by atoms with Crippen molar-refractivity contribution >= 4 is 11.3 Å². The van der Waals surface area contributed by atoms with Gasteiger partial charge in [0.15, 0.2) is 12.2 Å². The molecule has 0 radical (unpaired) electrons. The van der Waals surface area contributed by atoms with E-state index in [2.05, 4.69) is 29.4 Å². The predicted octanol–water partition coefficient (Wildman–Crippen LogP) is 2.70. The molecule has 0 bridgehead atoms. The molecule has 0 unspecified atom stereocenters. The standard InChI is InChI=1S/C13H18N2O2S/c1-3-10-4-5-12(18-10)13-11(15-9-17-13)8-14-6-7-16-2/h4-5,9,14H,3,6-8H2,1-2H3. The van der Waals surface area contributed by atoms with Crippen LogP contribution in [0.1, 0.15) is 17.5 Å². The number of nitrogens with one attached hydrogen (secondary N) is 1. The zero-order valence-corrected chi connectivity index (χ0v) is 11.5. The number of ether oxygens (including phenoxy) is 1. The van der Waals surface area contributed by atoms with Gasteiger partial charge in [-0.05, 0) is 18.6 Å². The van der Waals surface area contributed by atoms with Gasteiger partial charge in [0.2, 0.25) is 0 Å². The van der Waals surface area contributed by atoms with E-state index in [9.17, 15) is 0 Å². The zero-order chi connectivity index (χ0) is 12.8. The van der Waals surface area contributed by atoms with Crippen LogP contribution in [0, 0.1) is 0 Å². The van der Waals surface area contributed by atoms with Gasteiger partial charge in [-0.15, -0.1) is 11.3 Å². The van der Waals surface area contributed by atoms with Crippen molar-refractivity contribution in [3.63, 3.8) is 0 Å². The highest BCUT2D eigenvalue weighted by molar-refractivity contribution is 7.15. The van der Waals surface area contributed by atoms with E-state index in [0.29, 0.717) is 13.2 Å². The molecule has 98 valence electrons. The van der Waals surface area contributed by atoms with E-state index in [1.165, 1.54) is 11.3 Å². The maximum atomic E-state index is 5.49. The molecule has 2 rings (SSSR count). The van der Waals surface area contributed by atoms with Crippen LogP contribution in [-0.4, -0.2) is 25.2 Å². The summed E-state index contributed by atoms with van der Waals surface area (Å²) in [7, 11) is 1.70. The van der Waals surface area contributed by atoms with Crippen LogP contribution in [-0.2, 0) is 17.7 Å². The van der Waals surface area contributed by atoms with Crippen LogP contribution in [0.15, 0.2) is 22.9 Å². The summed E-state index contributed by atoms with van der Waals surface area (Å²) < 4.78 is 10.5. The highest BCUT2D eigenvalue weighted by atomic mass is 32.1. The monoisotopic (exact) mass is 266 g/mol. The fourth-order valence-electron chi connectivity index (χ4n) is 1.67. The Bertz CT molecular complexity index is 479. The molecular formula is C13H18N2O2S. The average Bonchev–Trinajstić information content (AvgIpc) is 3.02. The fraction of sp³-hybridized carbons (Fsp3) is 0.462. The third kappa shape index (κ3) is 3.19. The highest BCUT2D eigenvalue weighted by Crippen LogP contribution is 2.30. The van der Waals surface area contributed by atoms with E-state index in [4.69, 9.17) is 9.15 Å². The lowest BCUT2D eigenvalue weighted by Gasteiger charge is -2.02. The van der Waals surface area contributed by atoms with Crippen molar-refractivity contribution in [3.05, 3.63) is 29.1 Å². The summed E-state index contributed by atoms with van der Waals surface area (Å²) in [5, 5.41) is 3.28. The lowest BCUT2D eigenvalue weighted by molar-refractivity contribution is 0.199. The van der Waals surface area contributed by atoms with Gasteiger partial charge in [0.25, 0.3) is 0 Å². The maximum Gasteiger partial charge on any atom is 0.181 e. The first kappa shape index (κ1) is 13.3.